The standard InChI is InChI=1S/C10H9NO2.H2O/c1-2-11-9(12)7-5-3-4-6-8(7)10(11)13;/h3-6H,2H2,1H3;1H2. The molecule has 2 rings (SSSR count). The van der Waals surface area contributed by atoms with Gasteiger partial charge in [-0.25, -0.2) is 0 Å². The van der Waals surface area contributed by atoms with Crippen LogP contribution in [0, 0.1) is 0 Å². The molecule has 0 saturated carbocycles. The normalized spacial score (nSPS) is 13.9. The Bertz CT molecular complexity index is 352. The molecule has 1 aliphatic rings. The third kappa shape index (κ3) is 1.20. The number of imide groups is 1. The van der Waals surface area contributed by atoms with Crippen LogP contribution < -0.4 is 0 Å². The maximum atomic E-state index is 11.5. The number of carbonyl (C=O) groups is 2. The fraction of sp³-hybridized carbons (Fsp3) is 0.200. The summed E-state index contributed by atoms with van der Waals surface area (Å²) >= 11 is 0. The van der Waals surface area contributed by atoms with E-state index in [2.05, 4.69) is 0 Å². The average molecular weight is 193 g/mol. The average Bonchev–Trinajstić information content (AvgIpc) is 2.41. The highest BCUT2D eigenvalue weighted by Gasteiger charge is 2.33. The van der Waals surface area contributed by atoms with E-state index in [4.69, 9.17) is 0 Å². The summed E-state index contributed by atoms with van der Waals surface area (Å²) in [7, 11) is 0. The monoisotopic (exact) mass is 193 g/mol. The van der Waals surface area contributed by atoms with Crippen LogP contribution in [0.15, 0.2) is 24.3 Å². The molecular formula is C10H11NO3. The summed E-state index contributed by atoms with van der Waals surface area (Å²) < 4.78 is 0. The first kappa shape index (κ1) is 10.4. The van der Waals surface area contributed by atoms with Crippen LogP contribution in [0.2, 0.25) is 0 Å². The van der Waals surface area contributed by atoms with Crippen molar-refractivity contribution in [3.8, 4) is 0 Å². The molecule has 4 nitrogen and oxygen atoms in total. The van der Waals surface area contributed by atoms with Crippen molar-refractivity contribution in [1.82, 2.24) is 4.90 Å². The van der Waals surface area contributed by atoms with Crippen molar-refractivity contribution in [2.75, 3.05) is 6.54 Å². The Morgan fingerprint density at radius 2 is 1.50 bits per heavy atom. The van der Waals surface area contributed by atoms with Gasteiger partial charge in [0, 0.05) is 6.54 Å². The minimum Gasteiger partial charge on any atom is -0.412 e. The van der Waals surface area contributed by atoms with E-state index in [-0.39, 0.29) is 17.3 Å². The van der Waals surface area contributed by atoms with Crippen LogP contribution >= 0.6 is 0 Å². The SMILES string of the molecule is CCN1C(=O)c2ccccc2C1=O.O. The Morgan fingerprint density at radius 1 is 1.07 bits per heavy atom. The second-order valence-electron chi connectivity index (χ2n) is 2.90. The topological polar surface area (TPSA) is 68.9 Å². The molecular weight excluding hydrogens is 182 g/mol. The Kier molecular flexibility index (Phi) is 2.67. The van der Waals surface area contributed by atoms with Gasteiger partial charge in [-0.3, -0.25) is 14.5 Å². The number of carbonyl (C=O) groups excluding carboxylic acids is 2. The number of nitrogens with zero attached hydrogens (tertiary/aromatic N) is 1. The highest BCUT2D eigenvalue weighted by atomic mass is 16.2. The van der Waals surface area contributed by atoms with Crippen LogP contribution in [0.1, 0.15) is 27.6 Å². The van der Waals surface area contributed by atoms with E-state index < -0.39 is 0 Å². The largest absolute Gasteiger partial charge is 0.412 e. The third-order valence-electron chi connectivity index (χ3n) is 2.19. The first-order chi connectivity index (χ1) is 6.25. The predicted octanol–water partition coefficient (Wildman–Crippen LogP) is 0.478. The summed E-state index contributed by atoms with van der Waals surface area (Å²) in [4.78, 5) is 24.3. The lowest BCUT2D eigenvalue weighted by atomic mass is 10.1. The molecule has 0 aromatic heterocycles. The number of benzene rings is 1. The van der Waals surface area contributed by atoms with E-state index in [0.29, 0.717) is 17.7 Å². The molecule has 0 aliphatic carbocycles. The molecule has 14 heavy (non-hydrogen) atoms. The minimum absolute atomic E-state index is 0. The van der Waals surface area contributed by atoms with Crippen LogP contribution in [0.25, 0.3) is 0 Å². The highest BCUT2D eigenvalue weighted by molar-refractivity contribution is 6.21. The lowest BCUT2D eigenvalue weighted by Gasteiger charge is -2.08. The van der Waals surface area contributed by atoms with Crippen molar-refractivity contribution in [1.29, 1.82) is 0 Å². The molecule has 0 fully saturated rings. The molecule has 1 heterocycles. The zero-order valence-corrected chi connectivity index (χ0v) is 7.78. The van der Waals surface area contributed by atoms with Crippen LogP contribution in [0.4, 0.5) is 0 Å². The molecule has 74 valence electrons. The molecule has 0 unspecified atom stereocenters. The van der Waals surface area contributed by atoms with Crippen molar-refractivity contribution in [3.63, 3.8) is 0 Å². The summed E-state index contributed by atoms with van der Waals surface area (Å²) in [6, 6.07) is 6.91. The summed E-state index contributed by atoms with van der Waals surface area (Å²) in [5.41, 5.74) is 1.05. The predicted molar refractivity (Wildman–Crippen MR) is 51.1 cm³/mol. The first-order valence-electron chi connectivity index (χ1n) is 4.21. The van der Waals surface area contributed by atoms with Gasteiger partial charge in [0.1, 0.15) is 0 Å². The molecule has 4 heteroatoms. The van der Waals surface area contributed by atoms with Crippen molar-refractivity contribution >= 4 is 11.8 Å². The number of fused-ring (bicyclic) bond motifs is 1. The summed E-state index contributed by atoms with van der Waals surface area (Å²) in [5.74, 6) is -0.355. The second-order valence-corrected chi connectivity index (χ2v) is 2.90. The molecule has 2 N–H and O–H groups in total. The first-order valence-corrected chi connectivity index (χ1v) is 4.21. The van der Waals surface area contributed by atoms with Gasteiger partial charge < -0.3 is 5.48 Å². The van der Waals surface area contributed by atoms with Gasteiger partial charge in [0.25, 0.3) is 11.8 Å². The number of amides is 2. The van der Waals surface area contributed by atoms with E-state index in [9.17, 15) is 9.59 Å². The quantitative estimate of drug-likeness (QED) is 0.608. The van der Waals surface area contributed by atoms with Gasteiger partial charge in [0.15, 0.2) is 0 Å². The van der Waals surface area contributed by atoms with Gasteiger partial charge in [-0.15, -0.1) is 0 Å². The summed E-state index contributed by atoms with van der Waals surface area (Å²) in [6.07, 6.45) is 0. The van der Waals surface area contributed by atoms with Crippen molar-refractivity contribution in [2.45, 2.75) is 6.92 Å². The Balaban J connectivity index is 0.000000980. The number of hydrogen-bond acceptors (Lipinski definition) is 2. The van der Waals surface area contributed by atoms with Gasteiger partial charge in [-0.05, 0) is 19.1 Å². The maximum Gasteiger partial charge on any atom is 0.261 e. The maximum absolute atomic E-state index is 11.5. The summed E-state index contributed by atoms with van der Waals surface area (Å²) in [6.45, 7) is 2.23. The molecule has 1 aromatic rings. The fourth-order valence-electron chi connectivity index (χ4n) is 1.53. The van der Waals surface area contributed by atoms with E-state index in [1.807, 2.05) is 0 Å². The zero-order valence-electron chi connectivity index (χ0n) is 7.78. The number of rotatable bonds is 1. The van der Waals surface area contributed by atoms with Crippen LogP contribution in [-0.4, -0.2) is 28.7 Å². The lowest BCUT2D eigenvalue weighted by Crippen LogP contribution is -2.29. The van der Waals surface area contributed by atoms with Crippen LogP contribution in [0.5, 0.6) is 0 Å². The van der Waals surface area contributed by atoms with Crippen LogP contribution in [0.3, 0.4) is 0 Å². The van der Waals surface area contributed by atoms with E-state index in [1.165, 1.54) is 4.90 Å². The van der Waals surface area contributed by atoms with Crippen molar-refractivity contribution in [2.24, 2.45) is 0 Å². The molecule has 0 atom stereocenters. The smallest absolute Gasteiger partial charge is 0.261 e. The van der Waals surface area contributed by atoms with Crippen molar-refractivity contribution in [3.05, 3.63) is 35.4 Å². The van der Waals surface area contributed by atoms with Gasteiger partial charge in [-0.2, -0.15) is 0 Å². The number of hydrogen-bond donors (Lipinski definition) is 0. The second kappa shape index (κ2) is 3.59. The molecule has 2 amide bonds. The van der Waals surface area contributed by atoms with Gasteiger partial charge in [0.2, 0.25) is 0 Å². The van der Waals surface area contributed by atoms with Gasteiger partial charge >= 0.3 is 0 Å². The Hall–Kier alpha value is -1.68. The minimum atomic E-state index is -0.178. The Morgan fingerprint density at radius 3 is 1.86 bits per heavy atom. The lowest BCUT2D eigenvalue weighted by molar-refractivity contribution is 0.0663. The highest BCUT2D eigenvalue weighted by Crippen LogP contribution is 2.21. The zero-order chi connectivity index (χ0) is 9.42. The molecule has 0 radical (unpaired) electrons. The van der Waals surface area contributed by atoms with Crippen molar-refractivity contribution < 1.29 is 15.1 Å². The molecule has 0 bridgehead atoms. The summed E-state index contributed by atoms with van der Waals surface area (Å²) in [5, 5.41) is 0. The molecule has 1 aliphatic heterocycles. The van der Waals surface area contributed by atoms with Gasteiger partial charge in [-0.1, -0.05) is 12.1 Å². The van der Waals surface area contributed by atoms with E-state index in [1.54, 1.807) is 31.2 Å². The molecule has 1 aromatic carbocycles. The van der Waals surface area contributed by atoms with Crippen LogP contribution in [-0.2, 0) is 0 Å². The van der Waals surface area contributed by atoms with Gasteiger partial charge in [0.05, 0.1) is 11.1 Å². The molecule has 0 spiro atoms. The van der Waals surface area contributed by atoms with E-state index >= 15 is 0 Å². The fourth-order valence-corrected chi connectivity index (χ4v) is 1.53. The van der Waals surface area contributed by atoms with E-state index in [0.717, 1.165) is 0 Å². The Labute approximate surface area is 81.4 Å². The molecule has 0 saturated heterocycles. The third-order valence-corrected chi connectivity index (χ3v) is 2.19.